The van der Waals surface area contributed by atoms with Crippen molar-refractivity contribution in [2.45, 2.75) is 13.8 Å². The van der Waals surface area contributed by atoms with Gasteiger partial charge in [-0.05, 0) is 37.8 Å². The minimum absolute atomic E-state index is 0.159. The fourth-order valence-electron chi connectivity index (χ4n) is 1.79. The number of hydrazone groups is 1. The van der Waals surface area contributed by atoms with Gasteiger partial charge in [0, 0.05) is 0 Å². The largest absolute Gasteiger partial charge is 0.463 e. The minimum atomic E-state index is -2.67. The number of rotatable bonds is 7. The van der Waals surface area contributed by atoms with Crippen LogP contribution in [0.3, 0.4) is 0 Å². The predicted molar refractivity (Wildman–Crippen MR) is 90.8 cm³/mol. The third-order valence-corrected chi connectivity index (χ3v) is 5.12. The van der Waals surface area contributed by atoms with Gasteiger partial charge in [-0.3, -0.25) is 4.79 Å². The van der Waals surface area contributed by atoms with E-state index in [1.54, 1.807) is 24.3 Å². The standard InChI is InChI=1S/C14H17N2O4PS/c1-3-19-21(22,20-4-2)16-15-9-11-10-18-13-8-6-5-7-12(13)14(11)17/h5-10H,3-4H2,1-2H3,(H,16,22)/b15-9+. The first-order chi connectivity index (χ1) is 10.6. The molecule has 1 heterocycles. The number of nitrogens with zero attached hydrogens (tertiary/aromatic N) is 1. The van der Waals surface area contributed by atoms with Gasteiger partial charge in [0.25, 0.3) is 0 Å². The summed E-state index contributed by atoms with van der Waals surface area (Å²) in [5, 5.41) is 7.17. The Morgan fingerprint density at radius 1 is 1.32 bits per heavy atom. The average Bonchev–Trinajstić information content (AvgIpc) is 2.50. The van der Waals surface area contributed by atoms with Crippen molar-refractivity contribution in [3.63, 3.8) is 0 Å². The molecule has 118 valence electrons. The van der Waals surface area contributed by atoms with Crippen LogP contribution in [0.15, 0.2) is 44.8 Å². The van der Waals surface area contributed by atoms with E-state index in [0.717, 1.165) is 0 Å². The zero-order chi connectivity index (χ0) is 16.0. The molecule has 1 aromatic carbocycles. The monoisotopic (exact) mass is 340 g/mol. The molecule has 2 rings (SSSR count). The number of hydrogen-bond acceptors (Lipinski definition) is 6. The molecule has 2 aromatic rings. The Kier molecular flexibility index (Phi) is 5.85. The number of benzene rings is 1. The van der Waals surface area contributed by atoms with Crippen molar-refractivity contribution in [2.75, 3.05) is 13.2 Å². The second-order valence-electron chi connectivity index (χ2n) is 4.21. The lowest BCUT2D eigenvalue weighted by Gasteiger charge is -2.19. The lowest BCUT2D eigenvalue weighted by molar-refractivity contribution is 0.259. The Balaban J connectivity index is 2.21. The molecule has 1 aromatic heterocycles. The molecule has 0 radical (unpaired) electrons. The van der Waals surface area contributed by atoms with E-state index >= 15 is 0 Å². The topological polar surface area (TPSA) is 73.1 Å². The third-order valence-electron chi connectivity index (χ3n) is 2.69. The maximum atomic E-state index is 12.3. The summed E-state index contributed by atoms with van der Waals surface area (Å²) in [4.78, 5) is 12.3. The van der Waals surface area contributed by atoms with Gasteiger partial charge < -0.3 is 13.5 Å². The van der Waals surface area contributed by atoms with Crippen molar-refractivity contribution in [1.82, 2.24) is 5.20 Å². The number of nitrogens with one attached hydrogen (secondary N) is 1. The summed E-state index contributed by atoms with van der Waals surface area (Å²) in [6, 6.07) is 7.03. The third kappa shape index (κ3) is 4.01. The zero-order valence-electron chi connectivity index (χ0n) is 12.3. The Hall–Kier alpha value is -1.53. The quantitative estimate of drug-likeness (QED) is 0.474. The van der Waals surface area contributed by atoms with E-state index < -0.39 is 6.64 Å². The number of para-hydroxylation sites is 1. The molecule has 0 amide bonds. The first kappa shape index (κ1) is 16.8. The van der Waals surface area contributed by atoms with Crippen molar-refractivity contribution >= 4 is 35.6 Å². The smallest absolute Gasteiger partial charge is 0.303 e. The van der Waals surface area contributed by atoms with E-state index in [2.05, 4.69) is 10.3 Å². The molecular formula is C14H17N2O4PS. The molecule has 0 fully saturated rings. The SMILES string of the molecule is CCOP(=S)(N/N=C/c1coc2ccccc2c1=O)OCC. The molecule has 8 heteroatoms. The molecule has 0 aliphatic carbocycles. The Bertz CT molecular complexity index is 765. The van der Waals surface area contributed by atoms with Crippen LogP contribution in [0.4, 0.5) is 0 Å². The van der Waals surface area contributed by atoms with Crippen LogP contribution < -0.4 is 10.6 Å². The lowest BCUT2D eigenvalue weighted by Crippen LogP contribution is -2.12. The van der Waals surface area contributed by atoms with Crippen LogP contribution >= 0.6 is 6.64 Å². The van der Waals surface area contributed by atoms with Crippen LogP contribution in [-0.4, -0.2) is 19.4 Å². The minimum Gasteiger partial charge on any atom is -0.463 e. The molecular weight excluding hydrogens is 323 g/mol. The molecule has 1 N–H and O–H groups in total. The molecule has 0 aliphatic heterocycles. The second kappa shape index (κ2) is 7.65. The summed E-state index contributed by atoms with van der Waals surface area (Å²) < 4.78 is 16.2. The highest BCUT2D eigenvalue weighted by Crippen LogP contribution is 2.43. The molecule has 0 spiro atoms. The van der Waals surface area contributed by atoms with Crippen LogP contribution in [0.25, 0.3) is 11.0 Å². The molecule has 0 unspecified atom stereocenters. The summed E-state index contributed by atoms with van der Waals surface area (Å²) in [5.74, 6) is 0. The highest BCUT2D eigenvalue weighted by molar-refractivity contribution is 8.08. The maximum absolute atomic E-state index is 12.3. The van der Waals surface area contributed by atoms with Crippen molar-refractivity contribution in [2.24, 2.45) is 5.10 Å². The first-order valence-corrected chi connectivity index (χ1v) is 9.43. The lowest BCUT2D eigenvalue weighted by atomic mass is 10.2. The molecule has 0 aliphatic rings. The highest BCUT2D eigenvalue weighted by atomic mass is 32.5. The normalized spacial score (nSPS) is 12.1. The highest BCUT2D eigenvalue weighted by Gasteiger charge is 2.16. The van der Waals surface area contributed by atoms with E-state index in [1.165, 1.54) is 12.5 Å². The van der Waals surface area contributed by atoms with Crippen molar-refractivity contribution in [1.29, 1.82) is 0 Å². The molecule has 0 bridgehead atoms. The van der Waals surface area contributed by atoms with Crippen LogP contribution in [0.2, 0.25) is 0 Å². The molecule has 0 saturated heterocycles. The summed E-state index contributed by atoms with van der Waals surface area (Å²) in [6.45, 7) is 1.81. The number of fused-ring (bicyclic) bond motifs is 1. The second-order valence-corrected chi connectivity index (χ2v) is 7.36. The zero-order valence-corrected chi connectivity index (χ0v) is 14.0. The van der Waals surface area contributed by atoms with Gasteiger partial charge in [0.05, 0.1) is 30.4 Å². The number of hydrogen-bond donors (Lipinski definition) is 1. The molecule has 22 heavy (non-hydrogen) atoms. The van der Waals surface area contributed by atoms with Gasteiger partial charge in [-0.25, -0.2) is 5.20 Å². The molecule has 6 nitrogen and oxygen atoms in total. The van der Waals surface area contributed by atoms with Crippen molar-refractivity contribution < 1.29 is 13.5 Å². The van der Waals surface area contributed by atoms with Gasteiger partial charge in [0.1, 0.15) is 11.8 Å². The van der Waals surface area contributed by atoms with E-state index in [-0.39, 0.29) is 5.43 Å². The van der Waals surface area contributed by atoms with E-state index in [1.807, 2.05) is 13.8 Å². The fraction of sp³-hybridized carbons (Fsp3) is 0.286. The van der Waals surface area contributed by atoms with Crippen molar-refractivity contribution in [3.8, 4) is 0 Å². The van der Waals surface area contributed by atoms with Gasteiger partial charge in [0.2, 0.25) is 5.43 Å². The van der Waals surface area contributed by atoms with Gasteiger partial charge in [-0.15, -0.1) is 0 Å². The van der Waals surface area contributed by atoms with Crippen LogP contribution in [0, 0.1) is 0 Å². The maximum Gasteiger partial charge on any atom is 0.303 e. The summed E-state index contributed by atoms with van der Waals surface area (Å²) in [6.07, 6.45) is 2.72. The van der Waals surface area contributed by atoms with Crippen molar-refractivity contribution in [3.05, 3.63) is 46.3 Å². The van der Waals surface area contributed by atoms with E-state index in [9.17, 15) is 4.79 Å². The first-order valence-electron chi connectivity index (χ1n) is 6.79. The van der Waals surface area contributed by atoms with E-state index in [0.29, 0.717) is 29.7 Å². The Labute approximate surface area is 133 Å². The van der Waals surface area contributed by atoms with Gasteiger partial charge >= 0.3 is 6.64 Å². The predicted octanol–water partition coefficient (Wildman–Crippen LogP) is 3.01. The molecule has 0 saturated carbocycles. The fourth-order valence-corrected chi connectivity index (χ4v) is 3.63. The van der Waals surface area contributed by atoms with Gasteiger partial charge in [-0.2, -0.15) is 5.10 Å². The average molecular weight is 340 g/mol. The van der Waals surface area contributed by atoms with E-state index in [4.69, 9.17) is 25.3 Å². The molecule has 0 atom stereocenters. The summed E-state index contributed by atoms with van der Waals surface area (Å²) in [7, 11) is 0. The van der Waals surface area contributed by atoms with Crippen LogP contribution in [-0.2, 0) is 20.9 Å². The van der Waals surface area contributed by atoms with Gasteiger partial charge in [-0.1, -0.05) is 12.1 Å². The summed E-state index contributed by atoms with van der Waals surface area (Å²) in [5.41, 5.74) is 0.695. The van der Waals surface area contributed by atoms with Gasteiger partial charge in [0.15, 0.2) is 0 Å². The summed E-state index contributed by atoms with van der Waals surface area (Å²) >= 11 is 5.27. The van der Waals surface area contributed by atoms with Crippen LogP contribution in [0.1, 0.15) is 19.4 Å². The Morgan fingerprint density at radius 2 is 2.00 bits per heavy atom. The van der Waals surface area contributed by atoms with Crippen LogP contribution in [0.5, 0.6) is 0 Å². The Morgan fingerprint density at radius 3 is 2.68 bits per heavy atom.